The van der Waals surface area contributed by atoms with Crippen LogP contribution in [0.2, 0.25) is 0 Å². The summed E-state index contributed by atoms with van der Waals surface area (Å²) in [4.78, 5) is 11.3. The maximum atomic E-state index is 11.3. The van der Waals surface area contributed by atoms with Gasteiger partial charge in [-0.2, -0.15) is 0 Å². The minimum absolute atomic E-state index is 0.208. The number of nitrogens with one attached hydrogen (secondary N) is 1. The Kier molecular flexibility index (Phi) is 17.6. The first-order valence-electron chi connectivity index (χ1n) is 9.73. The second-order valence-electron chi connectivity index (χ2n) is 6.29. The van der Waals surface area contributed by atoms with Gasteiger partial charge in [0.2, 0.25) is 5.91 Å². The van der Waals surface area contributed by atoms with Crippen molar-refractivity contribution in [2.24, 2.45) is 0 Å². The van der Waals surface area contributed by atoms with E-state index in [0.717, 1.165) is 13.0 Å². The van der Waals surface area contributed by atoms with Crippen molar-refractivity contribution in [2.75, 3.05) is 6.54 Å². The molecule has 0 atom stereocenters. The Morgan fingerprint density at radius 1 is 0.727 bits per heavy atom. The third-order valence-electron chi connectivity index (χ3n) is 4.04. The van der Waals surface area contributed by atoms with Crippen LogP contribution in [0.5, 0.6) is 0 Å². The third-order valence-corrected chi connectivity index (χ3v) is 4.04. The molecule has 0 aromatic rings. The Morgan fingerprint density at radius 2 is 1.23 bits per heavy atom. The van der Waals surface area contributed by atoms with E-state index in [2.05, 4.69) is 24.4 Å². The van der Waals surface area contributed by atoms with Crippen LogP contribution in [-0.2, 0) is 4.79 Å². The number of amides is 1. The highest BCUT2D eigenvalue weighted by Gasteiger charge is 1.98. The van der Waals surface area contributed by atoms with Crippen LogP contribution < -0.4 is 5.32 Å². The minimum Gasteiger partial charge on any atom is -0.356 e. The van der Waals surface area contributed by atoms with E-state index in [9.17, 15) is 4.79 Å². The molecule has 0 radical (unpaired) electrons. The smallest absolute Gasteiger partial charge is 0.219 e. The summed E-state index contributed by atoms with van der Waals surface area (Å²) in [5, 5.41) is 2.85. The Hall–Kier alpha value is -0.790. The lowest BCUT2D eigenvalue weighted by Crippen LogP contribution is -2.21. The average Bonchev–Trinajstić information content (AvgIpc) is 2.51. The lowest BCUT2D eigenvalue weighted by Gasteiger charge is -2.02. The number of hydrogen-bond acceptors (Lipinski definition) is 1. The molecule has 2 heteroatoms. The van der Waals surface area contributed by atoms with Gasteiger partial charge in [-0.3, -0.25) is 4.79 Å². The van der Waals surface area contributed by atoms with Crippen molar-refractivity contribution in [3.8, 4) is 0 Å². The monoisotopic (exact) mass is 309 g/mol. The summed E-state index contributed by atoms with van der Waals surface area (Å²) in [5.74, 6) is 0.208. The van der Waals surface area contributed by atoms with E-state index in [1.807, 2.05) is 6.92 Å². The zero-order chi connectivity index (χ0) is 16.3. The average molecular weight is 310 g/mol. The van der Waals surface area contributed by atoms with Crippen molar-refractivity contribution in [1.82, 2.24) is 5.32 Å². The lowest BCUT2D eigenvalue weighted by molar-refractivity contribution is -0.121. The summed E-state index contributed by atoms with van der Waals surface area (Å²) in [6, 6.07) is 0. The third kappa shape index (κ3) is 17.3. The Labute approximate surface area is 139 Å². The lowest BCUT2D eigenvalue weighted by atomic mass is 10.1. The zero-order valence-electron chi connectivity index (χ0n) is 15.2. The van der Waals surface area contributed by atoms with Gasteiger partial charge in [-0.05, 0) is 39.0 Å². The van der Waals surface area contributed by atoms with Crippen LogP contribution in [0.15, 0.2) is 12.2 Å². The van der Waals surface area contributed by atoms with Crippen molar-refractivity contribution >= 4 is 5.91 Å². The molecule has 0 aliphatic heterocycles. The van der Waals surface area contributed by atoms with Gasteiger partial charge in [-0.1, -0.05) is 70.4 Å². The van der Waals surface area contributed by atoms with Crippen LogP contribution in [0.25, 0.3) is 0 Å². The van der Waals surface area contributed by atoms with Crippen LogP contribution in [0, 0.1) is 0 Å². The fourth-order valence-corrected chi connectivity index (χ4v) is 2.64. The normalized spacial score (nSPS) is 11.2. The quantitative estimate of drug-likeness (QED) is 0.268. The van der Waals surface area contributed by atoms with Crippen LogP contribution >= 0.6 is 0 Å². The Bertz CT molecular complexity index is 260. The number of carbonyl (C=O) groups excluding carboxylic acids is 1. The Morgan fingerprint density at radius 3 is 1.77 bits per heavy atom. The van der Waals surface area contributed by atoms with Crippen molar-refractivity contribution < 1.29 is 4.79 Å². The van der Waals surface area contributed by atoms with Crippen LogP contribution in [0.3, 0.4) is 0 Å². The number of unbranched alkanes of at least 4 members (excludes halogenated alkanes) is 11. The molecule has 0 saturated carbocycles. The van der Waals surface area contributed by atoms with Gasteiger partial charge in [0.15, 0.2) is 0 Å². The highest BCUT2D eigenvalue weighted by atomic mass is 16.1. The second-order valence-corrected chi connectivity index (χ2v) is 6.29. The molecule has 0 aliphatic carbocycles. The maximum Gasteiger partial charge on any atom is 0.219 e. The van der Waals surface area contributed by atoms with Gasteiger partial charge in [0.1, 0.15) is 0 Å². The van der Waals surface area contributed by atoms with Crippen molar-refractivity contribution in [2.45, 2.75) is 104 Å². The first-order chi connectivity index (χ1) is 10.8. The summed E-state index contributed by atoms with van der Waals surface area (Å²) in [7, 11) is 0. The largest absolute Gasteiger partial charge is 0.356 e. The molecule has 0 unspecified atom stereocenters. The molecular formula is C20H39NO. The van der Waals surface area contributed by atoms with Crippen molar-refractivity contribution in [1.29, 1.82) is 0 Å². The molecule has 0 bridgehead atoms. The van der Waals surface area contributed by atoms with Crippen LogP contribution in [0.1, 0.15) is 104 Å². The topological polar surface area (TPSA) is 29.1 Å². The standard InChI is InChI=1S/C20H39NO/c1-3-5-6-7-8-9-10-11-12-13-14-15-16-17-18-19-20(22)21-4-2/h11-12H,3-10,13-19H2,1-2H3,(H,21,22). The summed E-state index contributed by atoms with van der Waals surface area (Å²) in [6.45, 7) is 4.99. The molecule has 0 fully saturated rings. The fraction of sp³-hybridized carbons (Fsp3) is 0.850. The summed E-state index contributed by atoms with van der Waals surface area (Å²) < 4.78 is 0. The molecule has 130 valence electrons. The zero-order valence-corrected chi connectivity index (χ0v) is 15.2. The minimum atomic E-state index is 0.208. The molecule has 0 aromatic carbocycles. The fourth-order valence-electron chi connectivity index (χ4n) is 2.64. The summed E-state index contributed by atoms with van der Waals surface area (Å²) >= 11 is 0. The highest BCUT2D eigenvalue weighted by molar-refractivity contribution is 5.75. The highest BCUT2D eigenvalue weighted by Crippen LogP contribution is 2.09. The first kappa shape index (κ1) is 21.2. The van der Waals surface area contributed by atoms with E-state index in [4.69, 9.17) is 0 Å². The number of allylic oxidation sites excluding steroid dienone is 2. The van der Waals surface area contributed by atoms with E-state index in [0.29, 0.717) is 6.42 Å². The van der Waals surface area contributed by atoms with Gasteiger partial charge < -0.3 is 5.32 Å². The van der Waals surface area contributed by atoms with Gasteiger partial charge in [-0.25, -0.2) is 0 Å². The van der Waals surface area contributed by atoms with E-state index in [1.165, 1.54) is 77.0 Å². The van der Waals surface area contributed by atoms with Gasteiger partial charge in [-0.15, -0.1) is 0 Å². The van der Waals surface area contributed by atoms with Gasteiger partial charge in [0.05, 0.1) is 0 Å². The predicted molar refractivity (Wildman–Crippen MR) is 98.1 cm³/mol. The molecule has 1 N–H and O–H groups in total. The van der Waals surface area contributed by atoms with Gasteiger partial charge >= 0.3 is 0 Å². The molecule has 22 heavy (non-hydrogen) atoms. The van der Waals surface area contributed by atoms with Crippen molar-refractivity contribution in [3.63, 3.8) is 0 Å². The van der Waals surface area contributed by atoms with Crippen LogP contribution in [-0.4, -0.2) is 12.5 Å². The molecule has 2 nitrogen and oxygen atoms in total. The van der Waals surface area contributed by atoms with E-state index in [1.54, 1.807) is 0 Å². The van der Waals surface area contributed by atoms with E-state index < -0.39 is 0 Å². The molecular weight excluding hydrogens is 270 g/mol. The molecule has 1 amide bonds. The van der Waals surface area contributed by atoms with E-state index >= 15 is 0 Å². The first-order valence-corrected chi connectivity index (χ1v) is 9.73. The van der Waals surface area contributed by atoms with Gasteiger partial charge in [0, 0.05) is 13.0 Å². The Balaban J connectivity index is 3.12. The molecule has 0 aliphatic rings. The van der Waals surface area contributed by atoms with Crippen LogP contribution in [0.4, 0.5) is 0 Å². The molecule has 0 heterocycles. The van der Waals surface area contributed by atoms with Gasteiger partial charge in [0.25, 0.3) is 0 Å². The SMILES string of the molecule is CCCCCCCCC=CCCCCCCCC(=O)NCC. The molecule has 0 saturated heterocycles. The predicted octanol–water partition coefficient (Wildman–Crippen LogP) is 6.16. The summed E-state index contributed by atoms with van der Waals surface area (Å²) in [6.07, 6.45) is 22.4. The van der Waals surface area contributed by atoms with E-state index in [-0.39, 0.29) is 5.91 Å². The summed E-state index contributed by atoms with van der Waals surface area (Å²) in [5.41, 5.74) is 0. The van der Waals surface area contributed by atoms with Crippen molar-refractivity contribution in [3.05, 3.63) is 12.2 Å². The molecule has 0 spiro atoms. The number of hydrogen-bond donors (Lipinski definition) is 1. The number of carbonyl (C=O) groups is 1. The maximum absolute atomic E-state index is 11.3. The molecule has 0 aromatic heterocycles. The second kappa shape index (κ2) is 18.3. The molecule has 0 rings (SSSR count). The number of rotatable bonds is 16.